The number of halogens is 1. The Labute approximate surface area is 144 Å². The van der Waals surface area contributed by atoms with Gasteiger partial charge in [-0.3, -0.25) is 24.5 Å². The highest BCUT2D eigenvalue weighted by Gasteiger charge is 2.25. The first-order valence-electron chi connectivity index (χ1n) is 7.42. The molecule has 0 radical (unpaired) electrons. The van der Waals surface area contributed by atoms with Crippen LogP contribution in [0.4, 0.5) is 10.6 Å². The number of ether oxygens (including phenoxy) is 1. The third-order valence-electron chi connectivity index (χ3n) is 2.77. The molecular weight excluding hydrogens is 338 g/mol. The molecule has 2 N–H and O–H groups in total. The fourth-order valence-electron chi connectivity index (χ4n) is 1.97. The van der Waals surface area contributed by atoms with Crippen LogP contribution in [0.5, 0.6) is 0 Å². The van der Waals surface area contributed by atoms with Crippen LogP contribution in [0, 0.1) is 5.92 Å². The van der Waals surface area contributed by atoms with Crippen LogP contribution in [0.15, 0.2) is 9.59 Å². The van der Waals surface area contributed by atoms with Crippen molar-refractivity contribution in [1.82, 2.24) is 9.55 Å². The Morgan fingerprint density at radius 1 is 1.29 bits per heavy atom. The van der Waals surface area contributed by atoms with Crippen LogP contribution in [-0.4, -0.2) is 32.9 Å². The van der Waals surface area contributed by atoms with Crippen molar-refractivity contribution in [2.24, 2.45) is 5.92 Å². The monoisotopic (exact) mass is 359 g/mol. The number of rotatable bonds is 5. The number of H-pyrrole nitrogens is 1. The average Bonchev–Trinajstić information content (AvgIpc) is 2.40. The number of nitrogens with zero attached hydrogens (tertiary/aromatic N) is 1. The van der Waals surface area contributed by atoms with Crippen LogP contribution in [0.2, 0.25) is 0 Å². The molecule has 0 bridgehead atoms. The van der Waals surface area contributed by atoms with E-state index < -0.39 is 34.6 Å². The summed E-state index contributed by atoms with van der Waals surface area (Å²) in [7, 11) is 0. The van der Waals surface area contributed by atoms with Gasteiger partial charge < -0.3 is 4.74 Å². The van der Waals surface area contributed by atoms with E-state index in [1.807, 2.05) is 13.8 Å². The number of Topliss-reactive ketones (excluding diaryl/α,β-unsaturated/α-hetero) is 1. The van der Waals surface area contributed by atoms with Gasteiger partial charge in [0.25, 0.3) is 5.56 Å². The van der Waals surface area contributed by atoms with Crippen LogP contribution in [0.1, 0.15) is 45.0 Å². The normalized spacial score (nSPS) is 11.5. The number of carbonyl (C=O) groups is 2. The topological polar surface area (TPSA) is 110 Å². The minimum Gasteiger partial charge on any atom is -0.444 e. The quantitative estimate of drug-likeness (QED) is 0.616. The number of amides is 1. The highest BCUT2D eigenvalue weighted by Crippen LogP contribution is 2.15. The molecule has 134 valence electrons. The molecule has 0 aliphatic carbocycles. The van der Waals surface area contributed by atoms with Crippen LogP contribution in [0.3, 0.4) is 0 Å². The second-order valence-electron chi connectivity index (χ2n) is 6.67. The molecule has 0 unspecified atom stereocenters. The zero-order valence-electron chi connectivity index (χ0n) is 14.4. The van der Waals surface area contributed by atoms with Gasteiger partial charge in [0, 0.05) is 6.54 Å². The lowest BCUT2D eigenvalue weighted by Crippen LogP contribution is -2.39. The summed E-state index contributed by atoms with van der Waals surface area (Å²) in [5.41, 5.74) is -2.80. The van der Waals surface area contributed by atoms with E-state index in [0.29, 0.717) is 0 Å². The summed E-state index contributed by atoms with van der Waals surface area (Å²) in [6.07, 6.45) is -0.881. The summed E-state index contributed by atoms with van der Waals surface area (Å²) in [4.78, 5) is 50.3. The second kappa shape index (κ2) is 7.65. The number of aromatic amines is 1. The van der Waals surface area contributed by atoms with E-state index in [9.17, 15) is 19.2 Å². The zero-order valence-corrected chi connectivity index (χ0v) is 15.1. The van der Waals surface area contributed by atoms with Crippen molar-refractivity contribution in [2.75, 3.05) is 11.2 Å². The molecule has 0 aliphatic heterocycles. The lowest BCUT2D eigenvalue weighted by atomic mass is 10.2. The summed E-state index contributed by atoms with van der Waals surface area (Å²) in [5, 5.41) is 2.34. The second-order valence-corrected chi connectivity index (χ2v) is 6.94. The smallest absolute Gasteiger partial charge is 0.413 e. The van der Waals surface area contributed by atoms with Crippen LogP contribution in [0.25, 0.3) is 0 Å². The summed E-state index contributed by atoms with van der Waals surface area (Å²) in [6, 6.07) is 0. The van der Waals surface area contributed by atoms with Gasteiger partial charge >= 0.3 is 11.8 Å². The Kier molecular flexibility index (Phi) is 6.36. The number of carbonyl (C=O) groups excluding carboxylic acids is 2. The van der Waals surface area contributed by atoms with Gasteiger partial charge in [-0.25, -0.2) is 9.59 Å². The maximum absolute atomic E-state index is 12.1. The first kappa shape index (κ1) is 20.0. The van der Waals surface area contributed by atoms with Gasteiger partial charge in [0.15, 0.2) is 5.78 Å². The number of hydrogen-bond acceptors (Lipinski definition) is 5. The van der Waals surface area contributed by atoms with Gasteiger partial charge in [-0.1, -0.05) is 13.8 Å². The molecule has 0 spiro atoms. The predicted octanol–water partition coefficient (Wildman–Crippen LogP) is 1.96. The van der Waals surface area contributed by atoms with Crippen LogP contribution < -0.4 is 16.6 Å². The maximum Gasteiger partial charge on any atom is 0.413 e. The molecule has 0 aromatic carbocycles. The zero-order chi connectivity index (χ0) is 18.7. The Hall–Kier alpha value is -2.09. The minimum absolute atomic E-state index is 0.0201. The van der Waals surface area contributed by atoms with E-state index >= 15 is 0 Å². The molecule has 24 heavy (non-hydrogen) atoms. The van der Waals surface area contributed by atoms with Crippen molar-refractivity contribution >= 4 is 29.3 Å². The number of hydrogen-bond donors (Lipinski definition) is 2. The largest absolute Gasteiger partial charge is 0.444 e. The van der Waals surface area contributed by atoms with E-state index in [-0.39, 0.29) is 23.8 Å². The summed E-state index contributed by atoms with van der Waals surface area (Å²) >= 11 is 5.54. The standard InChI is InChI=1S/C15H22ClN3O5/c1-8(2)7-19-11(17-14(23)24-15(3,4)5)10(9(20)6-16)12(21)18-13(19)22/h8H,6-7H2,1-5H3,(H,17,23)(H,18,21,22). The predicted molar refractivity (Wildman–Crippen MR) is 91.1 cm³/mol. The molecule has 1 amide bonds. The number of aromatic nitrogens is 2. The lowest BCUT2D eigenvalue weighted by Gasteiger charge is -2.22. The first-order valence-corrected chi connectivity index (χ1v) is 7.96. The van der Waals surface area contributed by atoms with Gasteiger partial charge in [-0.2, -0.15) is 0 Å². The fourth-order valence-corrected chi connectivity index (χ4v) is 2.10. The van der Waals surface area contributed by atoms with Gasteiger partial charge in [0.1, 0.15) is 17.0 Å². The molecule has 0 atom stereocenters. The Morgan fingerprint density at radius 2 is 1.88 bits per heavy atom. The SMILES string of the molecule is CC(C)Cn1c(NC(=O)OC(C)(C)C)c(C(=O)CCl)c(=O)[nH]c1=O. The molecule has 0 saturated carbocycles. The lowest BCUT2D eigenvalue weighted by molar-refractivity contribution is 0.0634. The summed E-state index contributed by atoms with van der Waals surface area (Å²) in [5.74, 6) is -1.36. The molecule has 1 aromatic heterocycles. The summed E-state index contributed by atoms with van der Waals surface area (Å²) < 4.78 is 6.25. The van der Waals surface area contributed by atoms with Crippen LogP contribution in [-0.2, 0) is 11.3 Å². The third-order valence-corrected chi connectivity index (χ3v) is 3.01. The molecule has 1 rings (SSSR count). The van der Waals surface area contributed by atoms with Crippen molar-refractivity contribution in [1.29, 1.82) is 0 Å². The van der Waals surface area contributed by atoms with E-state index in [1.165, 1.54) is 0 Å². The summed E-state index contributed by atoms with van der Waals surface area (Å²) in [6.45, 7) is 8.86. The molecule has 0 fully saturated rings. The molecular formula is C15H22ClN3O5. The number of anilines is 1. The van der Waals surface area contributed by atoms with E-state index in [1.54, 1.807) is 20.8 Å². The Morgan fingerprint density at radius 3 is 2.33 bits per heavy atom. The maximum atomic E-state index is 12.1. The minimum atomic E-state index is -0.906. The Bertz CT molecular complexity index is 743. The molecule has 0 saturated heterocycles. The van der Waals surface area contributed by atoms with E-state index in [0.717, 1.165) is 4.57 Å². The van der Waals surface area contributed by atoms with Crippen molar-refractivity contribution in [3.63, 3.8) is 0 Å². The van der Waals surface area contributed by atoms with Crippen molar-refractivity contribution in [2.45, 2.75) is 46.8 Å². The highest BCUT2D eigenvalue weighted by atomic mass is 35.5. The van der Waals surface area contributed by atoms with Crippen molar-refractivity contribution < 1.29 is 14.3 Å². The molecule has 1 heterocycles. The van der Waals surface area contributed by atoms with Gasteiger partial charge in [0.2, 0.25) is 0 Å². The number of alkyl halides is 1. The van der Waals surface area contributed by atoms with Gasteiger partial charge in [0.05, 0.1) is 5.88 Å². The highest BCUT2D eigenvalue weighted by molar-refractivity contribution is 6.31. The van der Waals surface area contributed by atoms with Gasteiger partial charge in [-0.15, -0.1) is 11.6 Å². The third kappa shape index (κ3) is 5.23. The first-order chi connectivity index (χ1) is 11.0. The molecule has 0 aliphatic rings. The van der Waals surface area contributed by atoms with E-state index in [4.69, 9.17) is 16.3 Å². The molecule has 9 heteroatoms. The van der Waals surface area contributed by atoms with E-state index in [2.05, 4.69) is 10.3 Å². The van der Waals surface area contributed by atoms with Crippen molar-refractivity contribution in [3.05, 3.63) is 26.4 Å². The molecule has 8 nitrogen and oxygen atoms in total. The number of ketones is 1. The molecule has 1 aromatic rings. The number of nitrogens with one attached hydrogen (secondary N) is 2. The van der Waals surface area contributed by atoms with Gasteiger partial charge in [-0.05, 0) is 26.7 Å². The Balaban J connectivity index is 3.50. The average molecular weight is 360 g/mol. The van der Waals surface area contributed by atoms with Crippen molar-refractivity contribution in [3.8, 4) is 0 Å². The fraction of sp³-hybridized carbons (Fsp3) is 0.600. The van der Waals surface area contributed by atoms with Crippen LogP contribution >= 0.6 is 11.6 Å².